The highest BCUT2D eigenvalue weighted by atomic mass is 32.1. The van der Waals surface area contributed by atoms with Gasteiger partial charge < -0.3 is 15.4 Å². The zero-order valence-electron chi connectivity index (χ0n) is 10.4. The van der Waals surface area contributed by atoms with E-state index in [1.165, 1.54) is 10.4 Å². The largest absolute Gasteiger partial charge is 0.377 e. The standard InChI is InChI=1S/C12H22N2OS/c1-10(14(2)3)12-7-11(9-16-12)8-15-6-4-5-13/h7,9-10H,4-6,8,13H2,1-3H3. The summed E-state index contributed by atoms with van der Waals surface area (Å²) in [6, 6.07) is 2.71. The van der Waals surface area contributed by atoms with Crippen molar-refractivity contribution in [1.29, 1.82) is 0 Å². The van der Waals surface area contributed by atoms with E-state index in [9.17, 15) is 0 Å². The highest BCUT2D eigenvalue weighted by Gasteiger charge is 2.10. The maximum atomic E-state index is 5.53. The van der Waals surface area contributed by atoms with Crippen molar-refractivity contribution in [2.45, 2.75) is 26.0 Å². The average Bonchev–Trinajstić information content (AvgIpc) is 2.72. The molecular formula is C12H22N2OS. The molecule has 1 unspecified atom stereocenters. The lowest BCUT2D eigenvalue weighted by Crippen LogP contribution is -2.15. The van der Waals surface area contributed by atoms with Gasteiger partial charge in [0.1, 0.15) is 0 Å². The summed E-state index contributed by atoms with van der Waals surface area (Å²) in [4.78, 5) is 3.60. The van der Waals surface area contributed by atoms with Crippen molar-refractivity contribution in [3.8, 4) is 0 Å². The van der Waals surface area contributed by atoms with Crippen molar-refractivity contribution < 1.29 is 4.74 Å². The number of rotatable bonds is 7. The molecule has 0 aliphatic carbocycles. The first-order chi connectivity index (χ1) is 7.65. The van der Waals surface area contributed by atoms with Crippen LogP contribution in [0.2, 0.25) is 0 Å². The molecule has 92 valence electrons. The smallest absolute Gasteiger partial charge is 0.0725 e. The van der Waals surface area contributed by atoms with E-state index in [4.69, 9.17) is 10.5 Å². The average molecular weight is 242 g/mol. The van der Waals surface area contributed by atoms with Gasteiger partial charge in [0.2, 0.25) is 0 Å². The molecule has 0 radical (unpaired) electrons. The van der Waals surface area contributed by atoms with E-state index in [0.717, 1.165) is 13.0 Å². The number of thiophene rings is 1. The summed E-state index contributed by atoms with van der Waals surface area (Å²) >= 11 is 1.80. The van der Waals surface area contributed by atoms with Gasteiger partial charge in [0.25, 0.3) is 0 Å². The lowest BCUT2D eigenvalue weighted by atomic mass is 10.2. The monoisotopic (exact) mass is 242 g/mol. The minimum Gasteiger partial charge on any atom is -0.377 e. The summed E-state index contributed by atoms with van der Waals surface area (Å²) in [6.07, 6.45) is 0.936. The topological polar surface area (TPSA) is 38.5 Å². The molecule has 0 spiro atoms. The molecule has 1 aromatic rings. The minimum absolute atomic E-state index is 0.475. The molecular weight excluding hydrogens is 220 g/mol. The van der Waals surface area contributed by atoms with E-state index < -0.39 is 0 Å². The number of hydrogen-bond acceptors (Lipinski definition) is 4. The van der Waals surface area contributed by atoms with Crippen molar-refractivity contribution in [3.63, 3.8) is 0 Å². The Labute approximate surface area is 102 Å². The lowest BCUT2D eigenvalue weighted by molar-refractivity contribution is 0.120. The van der Waals surface area contributed by atoms with Crippen LogP contribution in [0.3, 0.4) is 0 Å². The molecule has 3 nitrogen and oxygen atoms in total. The van der Waals surface area contributed by atoms with Crippen molar-refractivity contribution in [3.05, 3.63) is 21.9 Å². The second-order valence-electron chi connectivity index (χ2n) is 4.19. The van der Waals surface area contributed by atoms with Crippen molar-refractivity contribution in [2.75, 3.05) is 27.2 Å². The summed E-state index contributed by atoms with van der Waals surface area (Å²) < 4.78 is 5.53. The van der Waals surface area contributed by atoms with Gasteiger partial charge in [0, 0.05) is 17.5 Å². The molecule has 1 atom stereocenters. The van der Waals surface area contributed by atoms with Crippen LogP contribution in [0.1, 0.15) is 29.8 Å². The Morgan fingerprint density at radius 1 is 1.50 bits per heavy atom. The summed E-state index contributed by atoms with van der Waals surface area (Å²) in [6.45, 7) is 4.37. The highest BCUT2D eigenvalue weighted by molar-refractivity contribution is 7.10. The molecule has 16 heavy (non-hydrogen) atoms. The quantitative estimate of drug-likeness (QED) is 0.745. The number of nitrogens with two attached hydrogens (primary N) is 1. The van der Waals surface area contributed by atoms with Crippen LogP contribution in [-0.4, -0.2) is 32.1 Å². The van der Waals surface area contributed by atoms with Gasteiger partial charge in [-0.15, -0.1) is 11.3 Å². The van der Waals surface area contributed by atoms with Crippen LogP contribution < -0.4 is 5.73 Å². The van der Waals surface area contributed by atoms with Gasteiger partial charge in [-0.25, -0.2) is 0 Å². The minimum atomic E-state index is 0.475. The van der Waals surface area contributed by atoms with Gasteiger partial charge in [-0.3, -0.25) is 0 Å². The first-order valence-electron chi connectivity index (χ1n) is 5.66. The Balaban J connectivity index is 2.39. The summed E-state index contributed by atoms with van der Waals surface area (Å²) in [5.41, 5.74) is 6.67. The number of hydrogen-bond donors (Lipinski definition) is 1. The molecule has 2 N–H and O–H groups in total. The molecule has 0 bridgehead atoms. The normalized spacial score (nSPS) is 13.3. The van der Waals surface area contributed by atoms with E-state index in [1.54, 1.807) is 11.3 Å². The molecule has 0 aliphatic rings. The van der Waals surface area contributed by atoms with Crippen LogP contribution >= 0.6 is 11.3 Å². The first-order valence-corrected chi connectivity index (χ1v) is 6.54. The Morgan fingerprint density at radius 2 is 2.25 bits per heavy atom. The third kappa shape index (κ3) is 4.22. The van der Waals surface area contributed by atoms with Crippen molar-refractivity contribution >= 4 is 11.3 Å². The van der Waals surface area contributed by atoms with E-state index in [0.29, 0.717) is 19.2 Å². The van der Waals surface area contributed by atoms with Crippen LogP contribution in [0.4, 0.5) is 0 Å². The molecule has 1 aromatic heterocycles. The van der Waals surface area contributed by atoms with Crippen LogP contribution in [0.25, 0.3) is 0 Å². The van der Waals surface area contributed by atoms with Gasteiger partial charge in [-0.05, 0) is 51.0 Å². The summed E-state index contributed by atoms with van der Waals surface area (Å²) in [5, 5.41) is 2.18. The maximum Gasteiger partial charge on any atom is 0.0725 e. The van der Waals surface area contributed by atoms with Crippen molar-refractivity contribution in [1.82, 2.24) is 4.90 Å². The Morgan fingerprint density at radius 3 is 2.88 bits per heavy atom. The third-order valence-electron chi connectivity index (χ3n) is 2.62. The lowest BCUT2D eigenvalue weighted by Gasteiger charge is -2.17. The zero-order valence-corrected chi connectivity index (χ0v) is 11.2. The van der Waals surface area contributed by atoms with E-state index >= 15 is 0 Å². The fourth-order valence-electron chi connectivity index (χ4n) is 1.32. The fourth-order valence-corrected chi connectivity index (χ4v) is 2.37. The van der Waals surface area contributed by atoms with Crippen molar-refractivity contribution in [2.24, 2.45) is 5.73 Å². The number of ether oxygens (including phenoxy) is 1. The summed E-state index contributed by atoms with van der Waals surface area (Å²) in [5.74, 6) is 0. The molecule has 0 saturated carbocycles. The second kappa shape index (κ2) is 7.01. The second-order valence-corrected chi connectivity index (χ2v) is 5.13. The molecule has 0 amide bonds. The van der Waals surface area contributed by atoms with Crippen LogP contribution in [0, 0.1) is 0 Å². The maximum absolute atomic E-state index is 5.53. The molecule has 0 aliphatic heterocycles. The molecule has 1 rings (SSSR count). The Hall–Kier alpha value is -0.420. The highest BCUT2D eigenvalue weighted by Crippen LogP contribution is 2.25. The van der Waals surface area contributed by atoms with Crippen LogP contribution in [0.5, 0.6) is 0 Å². The predicted molar refractivity (Wildman–Crippen MR) is 69.7 cm³/mol. The Kier molecular flexibility index (Phi) is 5.98. The molecule has 1 heterocycles. The SMILES string of the molecule is CC(c1cc(COCCCN)cs1)N(C)C. The Bertz CT molecular complexity index is 299. The predicted octanol–water partition coefficient (Wildman–Crippen LogP) is 2.24. The van der Waals surface area contributed by atoms with Crippen LogP contribution in [0.15, 0.2) is 11.4 Å². The first kappa shape index (κ1) is 13.6. The molecule has 0 aromatic carbocycles. The van der Waals surface area contributed by atoms with E-state index in [2.05, 4.69) is 37.4 Å². The fraction of sp³-hybridized carbons (Fsp3) is 0.667. The molecule has 0 fully saturated rings. The van der Waals surface area contributed by atoms with Gasteiger partial charge >= 0.3 is 0 Å². The molecule has 4 heteroatoms. The van der Waals surface area contributed by atoms with Gasteiger partial charge in [0.05, 0.1) is 6.61 Å². The molecule has 0 saturated heterocycles. The zero-order chi connectivity index (χ0) is 12.0. The van der Waals surface area contributed by atoms with Gasteiger partial charge in [0.15, 0.2) is 0 Å². The third-order valence-corrected chi connectivity index (χ3v) is 3.77. The summed E-state index contributed by atoms with van der Waals surface area (Å²) in [7, 11) is 4.20. The van der Waals surface area contributed by atoms with Gasteiger partial charge in [-0.1, -0.05) is 0 Å². The number of nitrogens with zero attached hydrogens (tertiary/aromatic N) is 1. The van der Waals surface area contributed by atoms with Crippen LogP contribution in [-0.2, 0) is 11.3 Å². The van der Waals surface area contributed by atoms with E-state index in [1.807, 2.05) is 0 Å². The van der Waals surface area contributed by atoms with Gasteiger partial charge in [-0.2, -0.15) is 0 Å². The van der Waals surface area contributed by atoms with E-state index in [-0.39, 0.29) is 0 Å².